The van der Waals surface area contributed by atoms with Gasteiger partial charge < -0.3 is 11.1 Å². The van der Waals surface area contributed by atoms with Gasteiger partial charge in [-0.1, -0.05) is 0 Å². The third-order valence-corrected chi connectivity index (χ3v) is 4.84. The number of nitrogens with one attached hydrogen (secondary N) is 1. The van der Waals surface area contributed by atoms with Crippen molar-refractivity contribution in [3.05, 3.63) is 16.1 Å². The van der Waals surface area contributed by atoms with Gasteiger partial charge in [0.05, 0.1) is 5.69 Å². The zero-order valence-corrected chi connectivity index (χ0v) is 11.0. The molecule has 2 fully saturated rings. The molecule has 2 aliphatic rings. The molecule has 0 bridgehead atoms. The second kappa shape index (κ2) is 5.04. The zero-order chi connectivity index (χ0) is 11.7. The number of nitrogens with zero attached hydrogens (tertiary/aromatic N) is 1. The monoisotopic (exact) mass is 251 g/mol. The number of rotatable bonds is 7. The van der Waals surface area contributed by atoms with E-state index in [1.807, 2.05) is 0 Å². The summed E-state index contributed by atoms with van der Waals surface area (Å²) in [5.41, 5.74) is 6.72. The molecule has 3 N–H and O–H groups in total. The van der Waals surface area contributed by atoms with Crippen LogP contribution in [0.15, 0.2) is 5.38 Å². The third kappa shape index (κ3) is 3.06. The summed E-state index contributed by atoms with van der Waals surface area (Å²) in [6, 6.07) is 0. The summed E-state index contributed by atoms with van der Waals surface area (Å²) >= 11 is 1.67. The Hall–Kier alpha value is -0.450. The standard InChI is InChI=1S/C13H21N3S/c14-5-13-16-11(8-17-13)6-15-7-12(9-1-2-9)10-3-4-10/h8-10,12,15H,1-7,14H2. The highest BCUT2D eigenvalue weighted by Crippen LogP contribution is 2.48. The summed E-state index contributed by atoms with van der Waals surface area (Å²) in [5, 5.41) is 6.75. The SMILES string of the molecule is NCc1nc(CNCC(C2CC2)C2CC2)cs1. The summed E-state index contributed by atoms with van der Waals surface area (Å²) in [6.07, 6.45) is 5.88. The van der Waals surface area contributed by atoms with Gasteiger partial charge in [-0.2, -0.15) is 0 Å². The lowest BCUT2D eigenvalue weighted by Crippen LogP contribution is -2.25. The van der Waals surface area contributed by atoms with Crippen LogP contribution in [0.1, 0.15) is 36.4 Å². The molecule has 0 spiro atoms. The van der Waals surface area contributed by atoms with Crippen LogP contribution in [-0.4, -0.2) is 11.5 Å². The van der Waals surface area contributed by atoms with E-state index in [1.165, 1.54) is 32.2 Å². The highest BCUT2D eigenvalue weighted by molar-refractivity contribution is 7.09. The van der Waals surface area contributed by atoms with Crippen molar-refractivity contribution in [1.82, 2.24) is 10.3 Å². The van der Waals surface area contributed by atoms with Gasteiger partial charge in [0, 0.05) is 18.5 Å². The van der Waals surface area contributed by atoms with Crippen molar-refractivity contribution in [3.8, 4) is 0 Å². The van der Waals surface area contributed by atoms with Crippen molar-refractivity contribution in [2.24, 2.45) is 23.5 Å². The molecule has 2 aliphatic carbocycles. The van der Waals surface area contributed by atoms with Crippen LogP contribution in [0.25, 0.3) is 0 Å². The van der Waals surface area contributed by atoms with Crippen LogP contribution in [0.5, 0.6) is 0 Å². The fraction of sp³-hybridized carbons (Fsp3) is 0.769. The maximum atomic E-state index is 5.56. The van der Waals surface area contributed by atoms with Gasteiger partial charge in [0.1, 0.15) is 5.01 Å². The van der Waals surface area contributed by atoms with Crippen LogP contribution in [0.2, 0.25) is 0 Å². The van der Waals surface area contributed by atoms with E-state index in [-0.39, 0.29) is 0 Å². The van der Waals surface area contributed by atoms with Crippen LogP contribution in [0, 0.1) is 17.8 Å². The van der Waals surface area contributed by atoms with Crippen LogP contribution < -0.4 is 11.1 Å². The lowest BCUT2D eigenvalue weighted by Gasteiger charge is -2.15. The lowest BCUT2D eigenvalue weighted by atomic mass is 9.98. The molecule has 0 aromatic carbocycles. The Balaban J connectivity index is 1.44. The molecule has 0 saturated heterocycles. The summed E-state index contributed by atoms with van der Waals surface area (Å²) < 4.78 is 0. The van der Waals surface area contributed by atoms with Gasteiger partial charge in [-0.3, -0.25) is 0 Å². The Bertz CT molecular complexity index is 356. The molecule has 4 heteroatoms. The van der Waals surface area contributed by atoms with Gasteiger partial charge in [0.25, 0.3) is 0 Å². The summed E-state index contributed by atoms with van der Waals surface area (Å²) in [4.78, 5) is 4.48. The average molecular weight is 251 g/mol. The molecule has 17 heavy (non-hydrogen) atoms. The van der Waals surface area contributed by atoms with E-state index in [2.05, 4.69) is 15.7 Å². The summed E-state index contributed by atoms with van der Waals surface area (Å²) in [6.45, 7) is 2.66. The molecule has 0 aliphatic heterocycles. The largest absolute Gasteiger partial charge is 0.325 e. The predicted molar refractivity (Wildman–Crippen MR) is 70.7 cm³/mol. The molecule has 0 radical (unpaired) electrons. The number of aromatic nitrogens is 1. The van der Waals surface area contributed by atoms with Crippen molar-refractivity contribution in [3.63, 3.8) is 0 Å². The van der Waals surface area contributed by atoms with Gasteiger partial charge in [-0.05, 0) is 50.0 Å². The predicted octanol–water partition coefficient (Wildman–Crippen LogP) is 2.13. The van der Waals surface area contributed by atoms with Crippen molar-refractivity contribution < 1.29 is 0 Å². The van der Waals surface area contributed by atoms with Crippen LogP contribution in [0.3, 0.4) is 0 Å². The molecule has 0 amide bonds. The highest BCUT2D eigenvalue weighted by atomic mass is 32.1. The van der Waals surface area contributed by atoms with Crippen molar-refractivity contribution in [2.45, 2.75) is 38.8 Å². The van der Waals surface area contributed by atoms with Gasteiger partial charge >= 0.3 is 0 Å². The molecular weight excluding hydrogens is 230 g/mol. The molecule has 3 rings (SSSR count). The van der Waals surface area contributed by atoms with E-state index in [9.17, 15) is 0 Å². The molecule has 3 nitrogen and oxygen atoms in total. The minimum absolute atomic E-state index is 0.567. The molecule has 1 heterocycles. The van der Waals surface area contributed by atoms with Gasteiger partial charge in [0.2, 0.25) is 0 Å². The van der Waals surface area contributed by atoms with E-state index in [0.29, 0.717) is 6.54 Å². The molecular formula is C13H21N3S. The van der Waals surface area contributed by atoms with Crippen molar-refractivity contribution >= 4 is 11.3 Å². The molecule has 1 aromatic rings. The van der Waals surface area contributed by atoms with E-state index in [0.717, 1.165) is 35.0 Å². The second-order valence-electron chi connectivity index (χ2n) is 5.41. The van der Waals surface area contributed by atoms with Gasteiger partial charge in [-0.25, -0.2) is 4.98 Å². The van der Waals surface area contributed by atoms with Crippen molar-refractivity contribution in [2.75, 3.05) is 6.54 Å². The van der Waals surface area contributed by atoms with Crippen molar-refractivity contribution in [1.29, 1.82) is 0 Å². The smallest absolute Gasteiger partial charge is 0.106 e. The Kier molecular flexibility index (Phi) is 3.45. The maximum absolute atomic E-state index is 5.56. The fourth-order valence-electron chi connectivity index (χ4n) is 2.66. The lowest BCUT2D eigenvalue weighted by molar-refractivity contribution is 0.378. The first-order valence-corrected chi connectivity index (χ1v) is 7.59. The van der Waals surface area contributed by atoms with Crippen LogP contribution in [-0.2, 0) is 13.1 Å². The summed E-state index contributed by atoms with van der Waals surface area (Å²) in [5.74, 6) is 3.01. The van der Waals surface area contributed by atoms with E-state index < -0.39 is 0 Å². The van der Waals surface area contributed by atoms with Crippen LogP contribution in [0.4, 0.5) is 0 Å². The number of thiazole rings is 1. The number of hydrogen-bond acceptors (Lipinski definition) is 4. The minimum atomic E-state index is 0.567. The Morgan fingerprint density at radius 1 is 1.35 bits per heavy atom. The first-order valence-electron chi connectivity index (χ1n) is 6.71. The molecule has 2 saturated carbocycles. The topological polar surface area (TPSA) is 50.9 Å². The summed E-state index contributed by atoms with van der Waals surface area (Å²) in [7, 11) is 0. The normalized spacial score (nSPS) is 20.1. The first kappa shape index (κ1) is 11.6. The molecule has 94 valence electrons. The third-order valence-electron chi connectivity index (χ3n) is 3.92. The first-order chi connectivity index (χ1) is 8.36. The van der Waals surface area contributed by atoms with Crippen LogP contribution >= 0.6 is 11.3 Å². The Labute approximate surface area is 107 Å². The Morgan fingerprint density at radius 2 is 2.06 bits per heavy atom. The maximum Gasteiger partial charge on any atom is 0.106 e. The van der Waals surface area contributed by atoms with E-state index >= 15 is 0 Å². The molecule has 1 aromatic heterocycles. The molecule has 0 atom stereocenters. The minimum Gasteiger partial charge on any atom is -0.325 e. The number of hydrogen-bond donors (Lipinski definition) is 2. The quantitative estimate of drug-likeness (QED) is 0.780. The second-order valence-corrected chi connectivity index (χ2v) is 6.35. The fourth-order valence-corrected chi connectivity index (χ4v) is 3.33. The van der Waals surface area contributed by atoms with Gasteiger partial charge in [-0.15, -0.1) is 11.3 Å². The zero-order valence-electron chi connectivity index (χ0n) is 10.2. The van der Waals surface area contributed by atoms with Gasteiger partial charge in [0.15, 0.2) is 0 Å². The van der Waals surface area contributed by atoms with E-state index in [1.54, 1.807) is 11.3 Å². The average Bonchev–Trinajstić information content (AvgIpc) is 3.25. The highest BCUT2D eigenvalue weighted by Gasteiger charge is 2.40. The molecule has 0 unspecified atom stereocenters. The Morgan fingerprint density at radius 3 is 2.59 bits per heavy atom. The number of nitrogens with two attached hydrogens (primary N) is 1. The van der Waals surface area contributed by atoms with E-state index in [4.69, 9.17) is 5.73 Å².